The van der Waals surface area contributed by atoms with E-state index in [9.17, 15) is 14.7 Å². The Morgan fingerprint density at radius 1 is 1.12 bits per heavy atom. The van der Waals surface area contributed by atoms with Crippen LogP contribution in [0.15, 0.2) is 53.0 Å². The highest BCUT2D eigenvalue weighted by molar-refractivity contribution is 9.10. The van der Waals surface area contributed by atoms with E-state index in [4.69, 9.17) is 0 Å². The summed E-state index contributed by atoms with van der Waals surface area (Å²) in [6.45, 7) is 0.289. The van der Waals surface area contributed by atoms with Gasteiger partial charge in [-0.3, -0.25) is 9.59 Å². The highest BCUT2D eigenvalue weighted by Crippen LogP contribution is 2.29. The molecular formula is C18H18BrNO4. The van der Waals surface area contributed by atoms with Crippen molar-refractivity contribution in [2.45, 2.75) is 19.4 Å². The molecule has 0 aliphatic heterocycles. The number of methoxy groups -OCH3 is 1. The molecule has 2 rings (SSSR count). The zero-order valence-corrected chi connectivity index (χ0v) is 14.8. The molecule has 0 heterocycles. The fourth-order valence-corrected chi connectivity index (χ4v) is 2.71. The van der Waals surface area contributed by atoms with Gasteiger partial charge in [-0.25, -0.2) is 0 Å². The summed E-state index contributed by atoms with van der Waals surface area (Å²) >= 11 is 3.40. The molecule has 0 saturated carbocycles. The number of carbonyl (C=O) groups is 2. The predicted molar refractivity (Wildman–Crippen MR) is 94.7 cm³/mol. The van der Waals surface area contributed by atoms with Crippen LogP contribution in [0.3, 0.4) is 0 Å². The monoisotopic (exact) mass is 391 g/mol. The molecule has 0 spiro atoms. The lowest BCUT2D eigenvalue weighted by atomic mass is 10.1. The van der Waals surface area contributed by atoms with Crippen LogP contribution in [0.5, 0.6) is 5.75 Å². The molecule has 0 bridgehead atoms. The summed E-state index contributed by atoms with van der Waals surface area (Å²) in [5, 5.41) is 10.1. The quantitative estimate of drug-likeness (QED) is 0.763. The molecule has 1 amide bonds. The number of carbonyl (C=O) groups excluding carboxylic acids is 2. The van der Waals surface area contributed by atoms with Crippen molar-refractivity contribution >= 4 is 33.5 Å². The third-order valence-corrected chi connectivity index (χ3v) is 3.97. The lowest BCUT2D eigenvalue weighted by Crippen LogP contribution is -2.30. The number of benzene rings is 2. The number of aromatic hydroxyl groups is 1. The molecule has 0 aromatic heterocycles. The van der Waals surface area contributed by atoms with Crippen molar-refractivity contribution in [1.82, 2.24) is 0 Å². The molecule has 6 heteroatoms. The summed E-state index contributed by atoms with van der Waals surface area (Å²) in [5.74, 6) is -0.691. The number of anilines is 1. The Bertz CT molecular complexity index is 732. The van der Waals surface area contributed by atoms with E-state index < -0.39 is 5.97 Å². The molecule has 2 aromatic carbocycles. The van der Waals surface area contributed by atoms with Crippen LogP contribution in [0, 0.1) is 0 Å². The number of para-hydroxylation sites is 2. The third-order valence-electron chi connectivity index (χ3n) is 3.47. The Morgan fingerprint density at radius 2 is 1.88 bits per heavy atom. The van der Waals surface area contributed by atoms with Gasteiger partial charge in [0.2, 0.25) is 5.91 Å². The zero-order chi connectivity index (χ0) is 17.5. The SMILES string of the molecule is COC(=O)CCC(=O)N(Cc1cccc(Br)c1)c1ccccc1O. The average Bonchev–Trinajstić information content (AvgIpc) is 2.58. The van der Waals surface area contributed by atoms with Crippen molar-refractivity contribution in [2.75, 3.05) is 12.0 Å². The van der Waals surface area contributed by atoms with E-state index in [1.54, 1.807) is 18.2 Å². The first kappa shape index (κ1) is 18.0. The largest absolute Gasteiger partial charge is 0.506 e. The van der Waals surface area contributed by atoms with Gasteiger partial charge in [0.25, 0.3) is 0 Å². The number of phenolic OH excluding ortho intramolecular Hbond substituents is 1. The number of hydrogen-bond acceptors (Lipinski definition) is 4. The number of nitrogens with zero attached hydrogens (tertiary/aromatic N) is 1. The van der Waals surface area contributed by atoms with Crippen LogP contribution in [0.1, 0.15) is 18.4 Å². The fourth-order valence-electron chi connectivity index (χ4n) is 2.26. The molecule has 0 aliphatic rings. The van der Waals surface area contributed by atoms with E-state index >= 15 is 0 Å². The summed E-state index contributed by atoms with van der Waals surface area (Å²) in [5.41, 5.74) is 1.31. The molecule has 0 fully saturated rings. The van der Waals surface area contributed by atoms with Gasteiger partial charge >= 0.3 is 5.97 Å². The molecule has 0 atom stereocenters. The topological polar surface area (TPSA) is 66.8 Å². The lowest BCUT2D eigenvalue weighted by Gasteiger charge is -2.24. The van der Waals surface area contributed by atoms with Crippen LogP contribution in [-0.4, -0.2) is 24.1 Å². The lowest BCUT2D eigenvalue weighted by molar-refractivity contribution is -0.141. The smallest absolute Gasteiger partial charge is 0.306 e. The normalized spacial score (nSPS) is 10.2. The molecule has 0 radical (unpaired) electrons. The van der Waals surface area contributed by atoms with E-state index in [2.05, 4.69) is 20.7 Å². The molecule has 0 aliphatic carbocycles. The molecule has 0 unspecified atom stereocenters. The van der Waals surface area contributed by atoms with Crippen molar-refractivity contribution in [3.63, 3.8) is 0 Å². The zero-order valence-electron chi connectivity index (χ0n) is 13.2. The van der Waals surface area contributed by atoms with Crippen LogP contribution < -0.4 is 4.90 Å². The first-order valence-electron chi connectivity index (χ1n) is 7.41. The second kappa shape index (κ2) is 8.49. The van der Waals surface area contributed by atoms with Gasteiger partial charge in [0.1, 0.15) is 5.75 Å². The Kier molecular flexibility index (Phi) is 6.37. The van der Waals surface area contributed by atoms with Gasteiger partial charge in [-0.15, -0.1) is 0 Å². The van der Waals surface area contributed by atoms with Crippen molar-refractivity contribution in [2.24, 2.45) is 0 Å². The first-order valence-corrected chi connectivity index (χ1v) is 8.20. The standard InChI is InChI=1S/C18H18BrNO4/c1-24-18(23)10-9-17(22)20(15-7-2-3-8-16(15)21)12-13-5-4-6-14(19)11-13/h2-8,11,21H,9-10,12H2,1H3. The Balaban J connectivity index is 2.26. The summed E-state index contributed by atoms with van der Waals surface area (Å²) in [7, 11) is 1.29. The number of halogens is 1. The van der Waals surface area contributed by atoms with Crippen LogP contribution in [-0.2, 0) is 20.9 Å². The van der Waals surface area contributed by atoms with Crippen molar-refractivity contribution in [3.8, 4) is 5.75 Å². The summed E-state index contributed by atoms with van der Waals surface area (Å²) in [4.78, 5) is 25.4. The number of rotatable bonds is 6. The van der Waals surface area contributed by atoms with Gasteiger partial charge < -0.3 is 14.7 Å². The summed E-state index contributed by atoms with van der Waals surface area (Å²) in [6, 6.07) is 14.2. The Morgan fingerprint density at radius 3 is 2.54 bits per heavy atom. The van der Waals surface area contributed by atoms with Crippen LogP contribution in [0.2, 0.25) is 0 Å². The van der Waals surface area contributed by atoms with Gasteiger partial charge in [-0.1, -0.05) is 40.2 Å². The van der Waals surface area contributed by atoms with E-state index in [1.807, 2.05) is 24.3 Å². The van der Waals surface area contributed by atoms with Crippen LogP contribution in [0.4, 0.5) is 5.69 Å². The second-order valence-corrected chi connectivity index (χ2v) is 6.09. The molecule has 126 valence electrons. The molecule has 1 N–H and O–H groups in total. The van der Waals surface area contributed by atoms with Gasteiger partial charge in [0.05, 0.1) is 25.8 Å². The highest BCUT2D eigenvalue weighted by atomic mass is 79.9. The van der Waals surface area contributed by atoms with Gasteiger partial charge in [0.15, 0.2) is 0 Å². The maximum Gasteiger partial charge on any atom is 0.306 e. The average molecular weight is 392 g/mol. The molecular weight excluding hydrogens is 374 g/mol. The fraction of sp³-hybridized carbons (Fsp3) is 0.222. The maximum atomic E-state index is 12.6. The molecule has 0 saturated heterocycles. The maximum absolute atomic E-state index is 12.6. The summed E-state index contributed by atoms with van der Waals surface area (Å²) in [6.07, 6.45) is 0.00687. The minimum absolute atomic E-state index is 0.00207. The Labute approximate surface area is 149 Å². The van der Waals surface area contributed by atoms with E-state index in [-0.39, 0.29) is 31.0 Å². The minimum Gasteiger partial charge on any atom is -0.506 e. The molecule has 2 aromatic rings. The van der Waals surface area contributed by atoms with Gasteiger partial charge in [0, 0.05) is 10.9 Å². The minimum atomic E-state index is -0.442. The van der Waals surface area contributed by atoms with Gasteiger partial charge in [-0.2, -0.15) is 0 Å². The first-order chi connectivity index (χ1) is 11.5. The van der Waals surface area contributed by atoms with E-state index in [1.165, 1.54) is 18.1 Å². The number of esters is 1. The third kappa shape index (κ3) is 4.83. The van der Waals surface area contributed by atoms with Crippen LogP contribution >= 0.6 is 15.9 Å². The van der Waals surface area contributed by atoms with Crippen molar-refractivity contribution in [3.05, 3.63) is 58.6 Å². The highest BCUT2D eigenvalue weighted by Gasteiger charge is 2.20. The summed E-state index contributed by atoms with van der Waals surface area (Å²) < 4.78 is 5.48. The van der Waals surface area contributed by atoms with Crippen molar-refractivity contribution in [1.29, 1.82) is 0 Å². The molecule has 24 heavy (non-hydrogen) atoms. The number of hydrogen-bond donors (Lipinski definition) is 1. The Hall–Kier alpha value is -2.34. The number of phenols is 1. The number of amides is 1. The van der Waals surface area contributed by atoms with Crippen LogP contribution in [0.25, 0.3) is 0 Å². The van der Waals surface area contributed by atoms with E-state index in [0.29, 0.717) is 5.69 Å². The number of ether oxygens (including phenoxy) is 1. The van der Waals surface area contributed by atoms with Gasteiger partial charge in [-0.05, 0) is 29.8 Å². The van der Waals surface area contributed by atoms with E-state index in [0.717, 1.165) is 10.0 Å². The second-order valence-electron chi connectivity index (χ2n) is 5.17. The molecule has 5 nitrogen and oxygen atoms in total. The predicted octanol–water partition coefficient (Wildman–Crippen LogP) is 3.64. The van der Waals surface area contributed by atoms with Crippen molar-refractivity contribution < 1.29 is 19.4 Å².